The Kier molecular flexibility index (Phi) is 7.40. The molecule has 43 heavy (non-hydrogen) atoms. The lowest BCUT2D eigenvalue weighted by molar-refractivity contribution is -0.153. The maximum Gasteiger partial charge on any atom is 0.255 e. The summed E-state index contributed by atoms with van der Waals surface area (Å²) in [5.74, 6) is -6.68. The molecule has 5 rings (SSSR count). The van der Waals surface area contributed by atoms with E-state index in [1.165, 1.54) is 4.90 Å². The minimum Gasteiger partial charge on any atom is -0.508 e. The van der Waals surface area contributed by atoms with Gasteiger partial charge in [0.1, 0.15) is 22.8 Å². The molecule has 6 N–H and O–H groups in total. The van der Waals surface area contributed by atoms with Crippen LogP contribution in [0.1, 0.15) is 23.1 Å². The first-order chi connectivity index (χ1) is 20.1. The molecule has 0 unspecified atom stereocenters. The largest absolute Gasteiger partial charge is 0.508 e. The third-order valence-corrected chi connectivity index (χ3v) is 8.94. The van der Waals surface area contributed by atoms with E-state index < -0.39 is 58.0 Å². The van der Waals surface area contributed by atoms with Crippen molar-refractivity contribution in [1.29, 1.82) is 0 Å². The number of nitrogens with two attached hydrogens (primary N) is 1. The van der Waals surface area contributed by atoms with Crippen molar-refractivity contribution in [2.24, 2.45) is 17.6 Å². The number of aliphatic hydroxyl groups is 3. The van der Waals surface area contributed by atoms with E-state index in [1.54, 1.807) is 14.1 Å². The number of anilines is 1. The zero-order chi connectivity index (χ0) is 31.7. The molecule has 4 atom stereocenters. The summed E-state index contributed by atoms with van der Waals surface area (Å²) in [4.78, 5) is 45.1. The summed E-state index contributed by atoms with van der Waals surface area (Å²) in [7, 11) is 10.8. The predicted molar refractivity (Wildman–Crippen MR) is 161 cm³/mol. The summed E-state index contributed by atoms with van der Waals surface area (Å²) in [6.07, 6.45) is 0.256. The topological polar surface area (TPSA) is 168 Å². The summed E-state index contributed by atoms with van der Waals surface area (Å²) < 4.78 is 0. The standard InChI is InChI=1S/C32H38N4O7/c1-34(2)14-15-7-9-16(10-8-15)18-13-21(35(3)4)19-11-17-12-20-25(36(5)6)28(39)24(31(33)42)30(41)32(20,43)29(40)22(17)27(38)23(19)26(18)37/h7-10,13,17,20,25,37-38,41,43H,11-12,14H2,1-6H3,(H2,33,42)/t17-,20-,25-,32-/m1/s1. The molecule has 11 nitrogen and oxygen atoms in total. The molecular weight excluding hydrogens is 552 g/mol. The first kappa shape index (κ1) is 30.3. The summed E-state index contributed by atoms with van der Waals surface area (Å²) >= 11 is 0. The van der Waals surface area contributed by atoms with Gasteiger partial charge < -0.3 is 36.0 Å². The number of Topliss-reactive ketones (excluding diaryl/α,β-unsaturated/α-hetero) is 2. The van der Waals surface area contributed by atoms with Gasteiger partial charge in [-0.2, -0.15) is 0 Å². The normalized spacial score (nSPS) is 25.2. The number of nitrogens with zero attached hydrogens (tertiary/aromatic N) is 3. The highest BCUT2D eigenvalue weighted by Gasteiger charge is 2.64. The number of hydrogen-bond donors (Lipinski definition) is 5. The monoisotopic (exact) mass is 590 g/mol. The second-order valence-corrected chi connectivity index (χ2v) is 12.4. The Morgan fingerprint density at radius 1 is 1.02 bits per heavy atom. The van der Waals surface area contributed by atoms with E-state index in [4.69, 9.17) is 5.73 Å². The van der Waals surface area contributed by atoms with Crippen LogP contribution >= 0.6 is 0 Å². The van der Waals surface area contributed by atoms with Gasteiger partial charge in [0.15, 0.2) is 11.4 Å². The number of primary amides is 1. The van der Waals surface area contributed by atoms with Gasteiger partial charge in [-0.05, 0) is 69.7 Å². The first-order valence-electron chi connectivity index (χ1n) is 14.1. The number of benzene rings is 2. The molecule has 228 valence electrons. The third-order valence-electron chi connectivity index (χ3n) is 8.94. The molecule has 0 spiro atoms. The van der Waals surface area contributed by atoms with Gasteiger partial charge in [0.25, 0.3) is 5.91 Å². The summed E-state index contributed by atoms with van der Waals surface area (Å²) in [6.45, 7) is 0.735. The summed E-state index contributed by atoms with van der Waals surface area (Å²) in [5.41, 5.74) is 5.34. The van der Waals surface area contributed by atoms with Gasteiger partial charge in [-0.15, -0.1) is 0 Å². The Hall–Kier alpha value is -4.19. The lowest BCUT2D eigenvalue weighted by atomic mass is 9.57. The lowest BCUT2D eigenvalue weighted by Gasteiger charge is -2.50. The van der Waals surface area contributed by atoms with Crippen molar-refractivity contribution < 1.29 is 34.8 Å². The number of rotatable bonds is 6. The number of phenols is 1. The van der Waals surface area contributed by atoms with Crippen LogP contribution in [0.15, 0.2) is 47.2 Å². The van der Waals surface area contributed by atoms with Crippen LogP contribution in [0.25, 0.3) is 16.9 Å². The van der Waals surface area contributed by atoms with Crippen LogP contribution in [0.4, 0.5) is 5.69 Å². The van der Waals surface area contributed by atoms with Crippen molar-refractivity contribution in [1.82, 2.24) is 9.80 Å². The van der Waals surface area contributed by atoms with Gasteiger partial charge in [-0.3, -0.25) is 19.3 Å². The van der Waals surface area contributed by atoms with Crippen LogP contribution in [0.5, 0.6) is 5.75 Å². The number of carbonyl (C=O) groups is 3. The SMILES string of the molecule is CN(C)Cc1ccc(-c2cc(N(C)C)c3c(c2O)C(O)=C2C(=O)[C@@]4(O)C(O)=C(C(N)=O)C(=O)[C@H](N(C)C)[C@H]4C[C@H]2C3)cc1. The van der Waals surface area contributed by atoms with Gasteiger partial charge >= 0.3 is 0 Å². The minimum atomic E-state index is -2.68. The van der Waals surface area contributed by atoms with Crippen LogP contribution in [0.2, 0.25) is 0 Å². The van der Waals surface area contributed by atoms with Gasteiger partial charge in [-0.25, -0.2) is 0 Å². The Bertz CT molecular complexity index is 1610. The molecule has 3 aliphatic carbocycles. The zero-order valence-corrected chi connectivity index (χ0v) is 25.2. The first-order valence-corrected chi connectivity index (χ1v) is 14.1. The van der Waals surface area contributed by atoms with Crippen molar-refractivity contribution in [3.8, 4) is 16.9 Å². The molecule has 0 aliphatic heterocycles. The third kappa shape index (κ3) is 4.50. The number of phenolic OH excluding ortho intramolecular Hbond substituents is 1. The number of aliphatic hydroxyl groups excluding tert-OH is 2. The van der Waals surface area contributed by atoms with Crippen LogP contribution in [-0.4, -0.2) is 102 Å². The number of likely N-dealkylation sites (N-methyl/N-ethyl adjacent to an activating group) is 1. The number of amides is 1. The number of aromatic hydroxyl groups is 1. The molecule has 1 fully saturated rings. The molecule has 0 radical (unpaired) electrons. The van der Waals surface area contributed by atoms with Crippen molar-refractivity contribution >= 4 is 28.9 Å². The number of fused-ring (bicyclic) bond motifs is 3. The maximum absolute atomic E-state index is 14.2. The minimum absolute atomic E-state index is 0.0362. The Morgan fingerprint density at radius 2 is 1.65 bits per heavy atom. The Morgan fingerprint density at radius 3 is 2.19 bits per heavy atom. The molecule has 2 aromatic carbocycles. The average molecular weight is 591 g/mol. The van der Waals surface area contributed by atoms with Crippen molar-refractivity contribution in [3.63, 3.8) is 0 Å². The highest BCUT2D eigenvalue weighted by Crippen LogP contribution is 2.54. The van der Waals surface area contributed by atoms with E-state index in [-0.39, 0.29) is 29.7 Å². The summed E-state index contributed by atoms with van der Waals surface area (Å²) in [6, 6.07) is 8.38. The van der Waals surface area contributed by atoms with Crippen LogP contribution in [0, 0.1) is 11.8 Å². The highest BCUT2D eigenvalue weighted by atomic mass is 16.3. The average Bonchev–Trinajstić information content (AvgIpc) is 2.90. The predicted octanol–water partition coefficient (Wildman–Crippen LogP) is 1.76. The molecule has 1 amide bonds. The number of carbonyl (C=O) groups excluding carboxylic acids is 3. The second kappa shape index (κ2) is 10.5. The van der Waals surface area contributed by atoms with E-state index in [2.05, 4.69) is 0 Å². The molecule has 2 aromatic rings. The quantitative estimate of drug-likeness (QED) is 0.313. The van der Waals surface area contributed by atoms with Crippen molar-refractivity contribution in [2.45, 2.75) is 31.0 Å². The van der Waals surface area contributed by atoms with Gasteiger partial charge in [0.05, 0.1) is 11.6 Å². The Labute approximate surface area is 250 Å². The summed E-state index contributed by atoms with van der Waals surface area (Å²) in [5, 5.41) is 46.2. The highest BCUT2D eigenvalue weighted by molar-refractivity contribution is 6.24. The molecule has 11 heteroatoms. The van der Waals surface area contributed by atoms with E-state index in [1.807, 2.05) is 68.3 Å². The van der Waals surface area contributed by atoms with Gasteiger partial charge in [0, 0.05) is 43.4 Å². The zero-order valence-electron chi connectivity index (χ0n) is 25.2. The second-order valence-electron chi connectivity index (χ2n) is 12.4. The van der Waals surface area contributed by atoms with Crippen molar-refractivity contribution in [3.05, 3.63) is 63.9 Å². The van der Waals surface area contributed by atoms with Gasteiger partial charge in [0.2, 0.25) is 5.78 Å². The molecule has 0 saturated heterocycles. The van der Waals surface area contributed by atoms with E-state index >= 15 is 0 Å². The van der Waals surface area contributed by atoms with E-state index in [0.717, 1.165) is 17.8 Å². The molecule has 0 heterocycles. The van der Waals surface area contributed by atoms with Gasteiger partial charge in [-0.1, -0.05) is 24.3 Å². The lowest BCUT2D eigenvalue weighted by Crippen LogP contribution is -2.65. The van der Waals surface area contributed by atoms with Crippen LogP contribution < -0.4 is 10.6 Å². The molecule has 1 saturated carbocycles. The van der Waals surface area contributed by atoms with Crippen molar-refractivity contribution in [2.75, 3.05) is 47.2 Å². The molecule has 0 aromatic heterocycles. The molecule has 0 bridgehead atoms. The maximum atomic E-state index is 14.2. The van der Waals surface area contributed by atoms with E-state index in [0.29, 0.717) is 16.7 Å². The Balaban J connectivity index is 1.72. The smallest absolute Gasteiger partial charge is 0.255 e. The fourth-order valence-corrected chi connectivity index (χ4v) is 7.07. The fourth-order valence-electron chi connectivity index (χ4n) is 7.07. The van der Waals surface area contributed by atoms with E-state index in [9.17, 15) is 34.8 Å². The molecule has 3 aliphatic rings. The molecular formula is C32H38N4O7. The number of ketones is 2. The van der Waals surface area contributed by atoms with Crippen LogP contribution in [-0.2, 0) is 27.3 Å². The fraction of sp³-hybridized carbons (Fsp3) is 0.406. The van der Waals surface area contributed by atoms with Crippen LogP contribution in [0.3, 0.4) is 0 Å². The number of hydrogen-bond acceptors (Lipinski definition) is 10.